The summed E-state index contributed by atoms with van der Waals surface area (Å²) in [6.07, 6.45) is 6.54. The van der Waals surface area contributed by atoms with E-state index in [0.717, 1.165) is 37.2 Å². The van der Waals surface area contributed by atoms with Crippen molar-refractivity contribution in [3.8, 4) is 5.75 Å². The van der Waals surface area contributed by atoms with Crippen molar-refractivity contribution in [3.63, 3.8) is 0 Å². The molecule has 2 nitrogen and oxygen atoms in total. The summed E-state index contributed by atoms with van der Waals surface area (Å²) in [4.78, 5) is 0. The van der Waals surface area contributed by atoms with Crippen molar-refractivity contribution in [3.05, 3.63) is 29.8 Å². The summed E-state index contributed by atoms with van der Waals surface area (Å²) in [6.45, 7) is 3.27. The molecule has 1 aliphatic heterocycles. The van der Waals surface area contributed by atoms with Gasteiger partial charge < -0.3 is 10.1 Å². The van der Waals surface area contributed by atoms with E-state index in [1.54, 1.807) is 0 Å². The minimum absolute atomic E-state index is 0.782. The maximum Gasteiger partial charge on any atom is 0.122 e. The molecule has 2 aliphatic rings. The Hall–Kier alpha value is -1.02. The minimum atomic E-state index is 0.782. The average molecular weight is 245 g/mol. The molecule has 2 fully saturated rings. The summed E-state index contributed by atoms with van der Waals surface area (Å²) in [5.74, 6) is 2.73. The fraction of sp³-hybridized carbons (Fsp3) is 0.625. The predicted octanol–water partition coefficient (Wildman–Crippen LogP) is 3.02. The molecule has 0 amide bonds. The van der Waals surface area contributed by atoms with Gasteiger partial charge in [0.05, 0.1) is 6.61 Å². The third kappa shape index (κ3) is 3.26. The summed E-state index contributed by atoms with van der Waals surface area (Å²) in [5.41, 5.74) is 1.40. The minimum Gasteiger partial charge on any atom is -0.493 e. The molecule has 1 N–H and O–H groups in total. The van der Waals surface area contributed by atoms with E-state index >= 15 is 0 Å². The van der Waals surface area contributed by atoms with Gasteiger partial charge in [-0.1, -0.05) is 18.2 Å². The van der Waals surface area contributed by atoms with Crippen LogP contribution in [0.5, 0.6) is 5.75 Å². The lowest BCUT2D eigenvalue weighted by molar-refractivity contribution is 0.292. The van der Waals surface area contributed by atoms with Gasteiger partial charge >= 0.3 is 0 Å². The number of rotatable bonds is 5. The second-order valence-electron chi connectivity index (χ2n) is 5.78. The highest BCUT2D eigenvalue weighted by Gasteiger charge is 2.22. The van der Waals surface area contributed by atoms with Gasteiger partial charge in [-0.2, -0.15) is 0 Å². The standard InChI is InChI=1S/C16H23NO/c1-2-6-16(18-12-13-7-8-13)15(5-1)10-14-4-3-9-17-11-14/h1-2,5-6,13-14,17H,3-4,7-12H2. The normalized spacial score (nSPS) is 23.9. The van der Waals surface area contributed by atoms with Crippen LogP contribution in [0.4, 0.5) is 0 Å². The Morgan fingerprint density at radius 3 is 2.78 bits per heavy atom. The monoisotopic (exact) mass is 245 g/mol. The van der Waals surface area contributed by atoms with E-state index in [2.05, 4.69) is 29.6 Å². The van der Waals surface area contributed by atoms with E-state index in [4.69, 9.17) is 4.74 Å². The first-order valence-corrected chi connectivity index (χ1v) is 7.33. The molecule has 18 heavy (non-hydrogen) atoms. The molecule has 1 saturated heterocycles. The highest BCUT2D eigenvalue weighted by atomic mass is 16.5. The molecule has 1 aromatic rings. The number of benzene rings is 1. The first-order valence-electron chi connectivity index (χ1n) is 7.33. The Morgan fingerprint density at radius 2 is 2.00 bits per heavy atom. The van der Waals surface area contributed by atoms with Gasteiger partial charge in [-0.25, -0.2) is 0 Å². The highest BCUT2D eigenvalue weighted by molar-refractivity contribution is 5.33. The lowest BCUT2D eigenvalue weighted by Crippen LogP contribution is -2.30. The van der Waals surface area contributed by atoms with E-state index in [-0.39, 0.29) is 0 Å². The Kier molecular flexibility index (Phi) is 3.84. The predicted molar refractivity (Wildman–Crippen MR) is 74.0 cm³/mol. The van der Waals surface area contributed by atoms with Gasteiger partial charge in [-0.3, -0.25) is 0 Å². The summed E-state index contributed by atoms with van der Waals surface area (Å²) in [5, 5.41) is 3.49. The molecule has 0 aromatic heterocycles. The molecule has 1 aliphatic carbocycles. The van der Waals surface area contributed by atoms with Crippen molar-refractivity contribution >= 4 is 0 Å². The van der Waals surface area contributed by atoms with Crippen LogP contribution >= 0.6 is 0 Å². The fourth-order valence-corrected chi connectivity index (χ4v) is 2.71. The molecular weight excluding hydrogens is 222 g/mol. The molecule has 1 unspecified atom stereocenters. The maximum atomic E-state index is 5.98. The van der Waals surface area contributed by atoms with Crippen LogP contribution in [0.2, 0.25) is 0 Å². The molecule has 1 heterocycles. The quantitative estimate of drug-likeness (QED) is 0.861. The van der Waals surface area contributed by atoms with Crippen LogP contribution in [0, 0.1) is 11.8 Å². The van der Waals surface area contributed by atoms with E-state index in [1.807, 2.05) is 0 Å². The smallest absolute Gasteiger partial charge is 0.122 e. The van der Waals surface area contributed by atoms with Crippen LogP contribution < -0.4 is 10.1 Å². The van der Waals surface area contributed by atoms with Gasteiger partial charge in [0, 0.05) is 0 Å². The molecule has 1 aromatic carbocycles. The van der Waals surface area contributed by atoms with Crippen LogP contribution in [-0.2, 0) is 6.42 Å². The van der Waals surface area contributed by atoms with Crippen LogP contribution in [-0.4, -0.2) is 19.7 Å². The van der Waals surface area contributed by atoms with Crippen LogP contribution in [0.25, 0.3) is 0 Å². The second kappa shape index (κ2) is 5.75. The van der Waals surface area contributed by atoms with Gasteiger partial charge in [0.1, 0.15) is 5.75 Å². The second-order valence-corrected chi connectivity index (χ2v) is 5.78. The van der Waals surface area contributed by atoms with Gasteiger partial charge in [-0.15, -0.1) is 0 Å². The highest BCUT2D eigenvalue weighted by Crippen LogP contribution is 2.31. The summed E-state index contributed by atoms with van der Waals surface area (Å²) in [6, 6.07) is 8.59. The molecule has 1 atom stereocenters. The van der Waals surface area contributed by atoms with Crippen LogP contribution in [0.15, 0.2) is 24.3 Å². The topological polar surface area (TPSA) is 21.3 Å². The van der Waals surface area contributed by atoms with E-state index < -0.39 is 0 Å². The molecular formula is C16H23NO. The van der Waals surface area contributed by atoms with Gasteiger partial charge in [0.15, 0.2) is 0 Å². The first-order chi connectivity index (χ1) is 8.92. The SMILES string of the molecule is c1ccc(OCC2CC2)c(CC2CCCNC2)c1. The lowest BCUT2D eigenvalue weighted by Gasteiger charge is -2.23. The summed E-state index contributed by atoms with van der Waals surface area (Å²) in [7, 11) is 0. The Balaban J connectivity index is 1.61. The zero-order valence-electron chi connectivity index (χ0n) is 11.0. The van der Waals surface area contributed by atoms with Crippen molar-refractivity contribution in [1.29, 1.82) is 0 Å². The van der Waals surface area contributed by atoms with Crippen molar-refractivity contribution in [2.45, 2.75) is 32.1 Å². The van der Waals surface area contributed by atoms with Crippen molar-refractivity contribution < 1.29 is 4.74 Å². The number of hydrogen-bond acceptors (Lipinski definition) is 2. The summed E-state index contributed by atoms with van der Waals surface area (Å²) < 4.78 is 5.98. The lowest BCUT2D eigenvalue weighted by atomic mass is 9.92. The molecule has 1 saturated carbocycles. The van der Waals surface area contributed by atoms with Crippen LogP contribution in [0.3, 0.4) is 0 Å². The van der Waals surface area contributed by atoms with E-state index in [0.29, 0.717) is 0 Å². The molecule has 0 radical (unpaired) electrons. The van der Waals surface area contributed by atoms with E-state index in [1.165, 1.54) is 37.8 Å². The number of hydrogen-bond donors (Lipinski definition) is 1. The third-order valence-electron chi connectivity index (χ3n) is 4.05. The van der Waals surface area contributed by atoms with Crippen LogP contribution in [0.1, 0.15) is 31.2 Å². The number of piperidine rings is 1. The first kappa shape index (κ1) is 12.0. The third-order valence-corrected chi connectivity index (χ3v) is 4.05. The molecule has 3 rings (SSSR count). The Bertz CT molecular complexity index is 380. The van der Waals surface area contributed by atoms with Gasteiger partial charge in [0.2, 0.25) is 0 Å². The molecule has 2 heteroatoms. The number of ether oxygens (including phenoxy) is 1. The Morgan fingerprint density at radius 1 is 1.11 bits per heavy atom. The molecule has 0 spiro atoms. The van der Waals surface area contributed by atoms with E-state index in [9.17, 15) is 0 Å². The molecule has 0 bridgehead atoms. The van der Waals surface area contributed by atoms with Crippen molar-refractivity contribution in [2.75, 3.05) is 19.7 Å². The maximum absolute atomic E-state index is 5.98. The van der Waals surface area contributed by atoms with Gasteiger partial charge in [-0.05, 0) is 68.7 Å². The van der Waals surface area contributed by atoms with Crippen molar-refractivity contribution in [1.82, 2.24) is 5.32 Å². The number of para-hydroxylation sites is 1. The zero-order valence-corrected chi connectivity index (χ0v) is 11.0. The fourth-order valence-electron chi connectivity index (χ4n) is 2.71. The largest absolute Gasteiger partial charge is 0.493 e. The Labute approximate surface area is 110 Å². The number of nitrogens with one attached hydrogen (secondary N) is 1. The average Bonchev–Trinajstić information content (AvgIpc) is 3.23. The van der Waals surface area contributed by atoms with Crippen molar-refractivity contribution in [2.24, 2.45) is 11.8 Å². The summed E-state index contributed by atoms with van der Waals surface area (Å²) >= 11 is 0. The zero-order chi connectivity index (χ0) is 12.2. The van der Waals surface area contributed by atoms with Gasteiger partial charge in [0.25, 0.3) is 0 Å². The molecule has 98 valence electrons.